The van der Waals surface area contributed by atoms with Crippen LogP contribution in [0.5, 0.6) is 0 Å². The van der Waals surface area contributed by atoms with E-state index in [1.165, 1.54) is 11.1 Å². The minimum Gasteiger partial charge on any atom is -0.378 e. The molecule has 0 aromatic heterocycles. The Morgan fingerprint density at radius 2 is 2.22 bits per heavy atom. The molecule has 1 aromatic carbocycles. The quantitative estimate of drug-likeness (QED) is 0.876. The maximum Gasteiger partial charge on any atom is 0.243 e. The summed E-state index contributed by atoms with van der Waals surface area (Å²) in [6.07, 6.45) is 1.54. The predicted molar refractivity (Wildman–Crippen MR) is 94.0 cm³/mol. The molecule has 2 N–H and O–H groups in total. The van der Waals surface area contributed by atoms with Crippen molar-refractivity contribution in [2.45, 2.75) is 51.8 Å². The molecule has 1 aromatic rings. The van der Waals surface area contributed by atoms with Crippen molar-refractivity contribution in [2.24, 2.45) is 11.1 Å². The molecule has 23 heavy (non-hydrogen) atoms. The van der Waals surface area contributed by atoms with E-state index in [1.54, 1.807) is 0 Å². The highest BCUT2D eigenvalue weighted by Gasteiger charge is 2.63. The van der Waals surface area contributed by atoms with Crippen molar-refractivity contribution in [1.82, 2.24) is 4.90 Å². The summed E-state index contributed by atoms with van der Waals surface area (Å²) in [4.78, 5) is 15.0. The van der Waals surface area contributed by atoms with Crippen LogP contribution in [-0.2, 0) is 22.5 Å². The van der Waals surface area contributed by atoms with E-state index in [9.17, 15) is 4.79 Å². The lowest BCUT2D eigenvalue weighted by atomic mass is 9.54. The van der Waals surface area contributed by atoms with Gasteiger partial charge in [0.2, 0.25) is 5.91 Å². The van der Waals surface area contributed by atoms with Gasteiger partial charge >= 0.3 is 0 Å². The Hall–Kier alpha value is -0.910. The molecule has 1 fully saturated rings. The number of halogens is 1. The molecule has 4 nitrogen and oxygen atoms in total. The molecule has 0 spiro atoms. The normalized spacial score (nSPS) is 28.9. The topological polar surface area (TPSA) is 55.6 Å². The molecule has 0 saturated heterocycles. The van der Waals surface area contributed by atoms with E-state index in [4.69, 9.17) is 10.5 Å². The van der Waals surface area contributed by atoms with Crippen molar-refractivity contribution < 1.29 is 9.53 Å². The molecule has 2 unspecified atom stereocenters. The van der Waals surface area contributed by atoms with Gasteiger partial charge in [-0.25, -0.2) is 0 Å². The Bertz CT molecular complexity index is 631. The van der Waals surface area contributed by atoms with Gasteiger partial charge in [-0.05, 0) is 30.5 Å². The first-order valence-corrected chi connectivity index (χ1v) is 9.06. The zero-order valence-corrected chi connectivity index (χ0v) is 15.6. The van der Waals surface area contributed by atoms with Crippen LogP contribution in [0.25, 0.3) is 0 Å². The number of nitrogens with zero attached hydrogens (tertiary/aromatic N) is 1. The van der Waals surface area contributed by atoms with Gasteiger partial charge in [-0.1, -0.05) is 41.9 Å². The second-order valence-electron chi connectivity index (χ2n) is 7.20. The zero-order valence-electron chi connectivity index (χ0n) is 14.1. The molecule has 0 radical (unpaired) electrons. The van der Waals surface area contributed by atoms with E-state index in [0.717, 1.165) is 17.4 Å². The number of benzene rings is 1. The summed E-state index contributed by atoms with van der Waals surface area (Å²) in [5.41, 5.74) is 7.90. The summed E-state index contributed by atoms with van der Waals surface area (Å²) >= 11 is 3.60. The molecule has 126 valence electrons. The summed E-state index contributed by atoms with van der Waals surface area (Å²) in [6, 6.07) is 6.17. The fourth-order valence-electron chi connectivity index (χ4n) is 3.82. The molecule has 1 saturated carbocycles. The van der Waals surface area contributed by atoms with Crippen LogP contribution in [-0.4, -0.2) is 35.6 Å². The molecule has 2 aliphatic rings. The highest BCUT2D eigenvalue weighted by Crippen LogP contribution is 2.50. The minimum absolute atomic E-state index is 0.0593. The van der Waals surface area contributed by atoms with E-state index in [-0.39, 0.29) is 17.4 Å². The Labute approximate surface area is 146 Å². The lowest BCUT2D eigenvalue weighted by molar-refractivity contribution is -0.180. The number of nitrogens with two attached hydrogens (primary N) is 1. The van der Waals surface area contributed by atoms with Crippen LogP contribution in [0, 0.1) is 5.41 Å². The third-order valence-corrected chi connectivity index (χ3v) is 6.45. The van der Waals surface area contributed by atoms with Crippen molar-refractivity contribution in [3.8, 4) is 0 Å². The largest absolute Gasteiger partial charge is 0.378 e. The lowest BCUT2D eigenvalue weighted by Crippen LogP contribution is -2.76. The monoisotopic (exact) mass is 380 g/mol. The fraction of sp³-hybridized carbons (Fsp3) is 0.611. The summed E-state index contributed by atoms with van der Waals surface area (Å²) in [6.45, 7) is 8.09. The van der Waals surface area contributed by atoms with Crippen molar-refractivity contribution >= 4 is 21.8 Å². The van der Waals surface area contributed by atoms with Crippen LogP contribution >= 0.6 is 15.9 Å². The van der Waals surface area contributed by atoms with Crippen LogP contribution in [0.3, 0.4) is 0 Å². The summed E-state index contributed by atoms with van der Waals surface area (Å²) in [5.74, 6) is 0.0593. The van der Waals surface area contributed by atoms with E-state index in [0.29, 0.717) is 19.6 Å². The predicted octanol–water partition coefficient (Wildman–Crippen LogP) is 2.87. The van der Waals surface area contributed by atoms with Crippen LogP contribution < -0.4 is 5.73 Å². The maximum absolute atomic E-state index is 13.1. The van der Waals surface area contributed by atoms with E-state index >= 15 is 0 Å². The molecule has 1 aliphatic heterocycles. The van der Waals surface area contributed by atoms with Gasteiger partial charge in [0.15, 0.2) is 0 Å². The third-order valence-electron chi connectivity index (χ3n) is 5.71. The van der Waals surface area contributed by atoms with Crippen LogP contribution in [0.15, 0.2) is 22.7 Å². The first-order valence-electron chi connectivity index (χ1n) is 8.27. The van der Waals surface area contributed by atoms with Crippen molar-refractivity contribution in [3.63, 3.8) is 0 Å². The van der Waals surface area contributed by atoms with Crippen LogP contribution in [0.4, 0.5) is 0 Å². The van der Waals surface area contributed by atoms with Gasteiger partial charge in [-0.2, -0.15) is 0 Å². The van der Waals surface area contributed by atoms with E-state index in [1.807, 2.05) is 31.7 Å². The molecule has 2 atom stereocenters. The molecular weight excluding hydrogens is 356 g/mol. The van der Waals surface area contributed by atoms with Gasteiger partial charge in [0, 0.05) is 36.0 Å². The molecular formula is C18H25BrN2O2. The number of fused-ring (bicyclic) bond motifs is 1. The van der Waals surface area contributed by atoms with Gasteiger partial charge in [0.05, 0.1) is 6.10 Å². The number of rotatable bonds is 3. The van der Waals surface area contributed by atoms with Crippen LogP contribution in [0.1, 0.15) is 38.3 Å². The fourth-order valence-corrected chi connectivity index (χ4v) is 4.42. The number of hydrogen-bond donors (Lipinski definition) is 1. The molecule has 1 heterocycles. The molecule has 0 bridgehead atoms. The average molecular weight is 381 g/mol. The molecule has 1 aliphatic carbocycles. The summed E-state index contributed by atoms with van der Waals surface area (Å²) in [5, 5.41) is 0. The highest BCUT2D eigenvalue weighted by atomic mass is 79.9. The standard InChI is InChI=1S/C18H25BrN2O2/c1-4-23-15-10-18(20,17(15,2)3)16(22)21-9-8-13-12(11-21)6-5-7-14(13)19/h5-7,15H,4,8-11,20H2,1-3H3. The van der Waals surface area contributed by atoms with Crippen molar-refractivity contribution in [1.29, 1.82) is 0 Å². The lowest BCUT2D eigenvalue weighted by Gasteiger charge is -2.59. The smallest absolute Gasteiger partial charge is 0.243 e. The number of hydrogen-bond acceptors (Lipinski definition) is 3. The SMILES string of the molecule is CCOC1CC(N)(C(=O)N2CCc3c(Br)cccc3C2)C1(C)C. The third kappa shape index (κ3) is 2.53. The Morgan fingerprint density at radius 1 is 1.48 bits per heavy atom. The molecule has 1 amide bonds. The van der Waals surface area contributed by atoms with E-state index in [2.05, 4.69) is 28.1 Å². The maximum atomic E-state index is 13.1. The molecule has 5 heteroatoms. The van der Waals surface area contributed by atoms with E-state index < -0.39 is 5.54 Å². The van der Waals surface area contributed by atoms with Gasteiger partial charge in [-0.3, -0.25) is 4.79 Å². The second-order valence-corrected chi connectivity index (χ2v) is 8.05. The van der Waals surface area contributed by atoms with Crippen molar-refractivity contribution in [2.75, 3.05) is 13.2 Å². The second kappa shape index (κ2) is 5.87. The zero-order chi connectivity index (χ0) is 16.8. The number of carbonyl (C=O) groups excluding carboxylic acids is 1. The number of ether oxygens (including phenoxy) is 1. The van der Waals surface area contributed by atoms with Crippen molar-refractivity contribution in [3.05, 3.63) is 33.8 Å². The van der Waals surface area contributed by atoms with Gasteiger partial charge in [0.25, 0.3) is 0 Å². The minimum atomic E-state index is -0.823. The Balaban J connectivity index is 1.78. The number of amides is 1. The number of carbonyl (C=O) groups is 1. The van der Waals surface area contributed by atoms with Gasteiger partial charge < -0.3 is 15.4 Å². The van der Waals surface area contributed by atoms with Gasteiger partial charge in [-0.15, -0.1) is 0 Å². The Morgan fingerprint density at radius 3 is 2.87 bits per heavy atom. The van der Waals surface area contributed by atoms with Gasteiger partial charge in [0.1, 0.15) is 5.54 Å². The highest BCUT2D eigenvalue weighted by molar-refractivity contribution is 9.10. The summed E-state index contributed by atoms with van der Waals surface area (Å²) in [7, 11) is 0. The Kier molecular flexibility index (Phi) is 4.32. The summed E-state index contributed by atoms with van der Waals surface area (Å²) < 4.78 is 6.87. The molecule has 3 rings (SSSR count). The van der Waals surface area contributed by atoms with Crippen LogP contribution in [0.2, 0.25) is 0 Å². The first-order chi connectivity index (χ1) is 10.8. The average Bonchev–Trinajstić information content (AvgIpc) is 2.53. The first kappa shape index (κ1) is 16.9.